The first-order valence-electron chi connectivity index (χ1n) is 9.53. The van der Waals surface area contributed by atoms with Gasteiger partial charge in [-0.15, -0.1) is 0 Å². The normalized spacial score (nSPS) is 12.4. The first-order chi connectivity index (χ1) is 12.4. The summed E-state index contributed by atoms with van der Waals surface area (Å²) < 4.78 is 15.3. The molecule has 0 N–H and O–H groups in total. The summed E-state index contributed by atoms with van der Waals surface area (Å²) >= 11 is 0. The number of allylic oxidation sites excluding steroid dienone is 1. The van der Waals surface area contributed by atoms with Crippen molar-refractivity contribution in [1.29, 1.82) is 0 Å². The van der Waals surface area contributed by atoms with Crippen molar-refractivity contribution in [3.63, 3.8) is 0 Å². The van der Waals surface area contributed by atoms with E-state index >= 15 is 0 Å². The molecule has 6 nitrogen and oxygen atoms in total. The van der Waals surface area contributed by atoms with Gasteiger partial charge < -0.3 is 14.2 Å². The second kappa shape index (κ2) is 15.4. The van der Waals surface area contributed by atoms with Gasteiger partial charge in [0.05, 0.1) is 0 Å². The van der Waals surface area contributed by atoms with Crippen LogP contribution in [0.5, 0.6) is 0 Å². The van der Waals surface area contributed by atoms with Crippen LogP contribution in [0, 0.1) is 0 Å². The zero-order valence-corrected chi connectivity index (χ0v) is 16.7. The number of carbonyl (C=O) groups is 3. The van der Waals surface area contributed by atoms with Gasteiger partial charge in [0.15, 0.2) is 6.10 Å². The van der Waals surface area contributed by atoms with Crippen LogP contribution < -0.4 is 0 Å². The number of rotatable bonds is 14. The number of unbranched alkanes of at least 4 members (excludes halogenated alkanes) is 6. The van der Waals surface area contributed by atoms with Crippen LogP contribution >= 0.6 is 0 Å². The lowest BCUT2D eigenvalue weighted by molar-refractivity contribution is -0.163. The molecule has 0 aromatic carbocycles. The lowest BCUT2D eigenvalue weighted by atomic mass is 10.1. The van der Waals surface area contributed by atoms with E-state index in [0.717, 1.165) is 19.3 Å². The number of ether oxygens (including phenoxy) is 3. The summed E-state index contributed by atoms with van der Waals surface area (Å²) in [5, 5.41) is 0. The van der Waals surface area contributed by atoms with E-state index in [-0.39, 0.29) is 19.2 Å². The van der Waals surface area contributed by atoms with Crippen molar-refractivity contribution in [2.24, 2.45) is 0 Å². The van der Waals surface area contributed by atoms with Crippen molar-refractivity contribution in [2.45, 2.75) is 85.2 Å². The summed E-state index contributed by atoms with van der Waals surface area (Å²) in [6, 6.07) is 0. The molecule has 0 spiro atoms. The minimum Gasteiger partial charge on any atom is -0.462 e. The first kappa shape index (κ1) is 24.1. The molecule has 0 aromatic heterocycles. The number of hydrogen-bond donors (Lipinski definition) is 0. The smallest absolute Gasteiger partial charge is 0.333 e. The molecule has 0 aliphatic heterocycles. The number of hydrogen-bond acceptors (Lipinski definition) is 6. The third-order valence-electron chi connectivity index (χ3n) is 3.92. The standard InChI is InChI=1S/C20H34O6/c1-5-7-8-9-10-11-12-13-19(22)25-15-18(14-24-17(4)21)26-20(23)16(3)6-2/h6,18H,5,7-15H2,1-4H3/b16-6-/t18-/m0/s1. The SMILES string of the molecule is C/C=C(/C)C(=O)O[C@@H](COC(C)=O)COC(=O)CCCCCCCCC. The van der Waals surface area contributed by atoms with E-state index in [1.54, 1.807) is 19.9 Å². The Kier molecular flexibility index (Phi) is 14.3. The summed E-state index contributed by atoms with van der Waals surface area (Å²) in [6.45, 7) is 6.54. The fourth-order valence-electron chi connectivity index (χ4n) is 2.17. The number of carbonyl (C=O) groups excluding carboxylic acids is 3. The van der Waals surface area contributed by atoms with Gasteiger partial charge in [0.25, 0.3) is 0 Å². The van der Waals surface area contributed by atoms with E-state index < -0.39 is 18.0 Å². The Morgan fingerprint density at radius 2 is 1.46 bits per heavy atom. The zero-order chi connectivity index (χ0) is 19.8. The fourth-order valence-corrected chi connectivity index (χ4v) is 2.17. The predicted molar refractivity (Wildman–Crippen MR) is 99.5 cm³/mol. The van der Waals surface area contributed by atoms with Crippen LogP contribution in [0.4, 0.5) is 0 Å². The average Bonchev–Trinajstić information content (AvgIpc) is 2.62. The highest BCUT2D eigenvalue weighted by atomic mass is 16.6. The Labute approximate surface area is 157 Å². The molecule has 0 aliphatic carbocycles. The molecule has 0 rings (SSSR count). The second-order valence-corrected chi connectivity index (χ2v) is 6.36. The second-order valence-electron chi connectivity index (χ2n) is 6.36. The van der Waals surface area contributed by atoms with Crippen molar-refractivity contribution >= 4 is 17.9 Å². The Bertz CT molecular complexity index is 455. The summed E-state index contributed by atoms with van der Waals surface area (Å²) in [7, 11) is 0. The van der Waals surface area contributed by atoms with Crippen molar-refractivity contribution in [1.82, 2.24) is 0 Å². The molecule has 0 aliphatic rings. The van der Waals surface area contributed by atoms with Gasteiger partial charge in [-0.05, 0) is 20.3 Å². The van der Waals surface area contributed by atoms with Crippen LogP contribution in [-0.2, 0) is 28.6 Å². The van der Waals surface area contributed by atoms with E-state index in [4.69, 9.17) is 14.2 Å². The van der Waals surface area contributed by atoms with E-state index in [1.807, 2.05) is 0 Å². The molecule has 0 fully saturated rings. The van der Waals surface area contributed by atoms with Crippen LogP contribution in [0.3, 0.4) is 0 Å². The minimum atomic E-state index is -0.806. The lowest BCUT2D eigenvalue weighted by Crippen LogP contribution is -2.30. The molecule has 1 atom stereocenters. The summed E-state index contributed by atoms with van der Waals surface area (Å²) in [4.78, 5) is 34.6. The highest BCUT2D eigenvalue weighted by Crippen LogP contribution is 2.09. The quantitative estimate of drug-likeness (QED) is 0.198. The molecular weight excluding hydrogens is 336 g/mol. The van der Waals surface area contributed by atoms with Gasteiger partial charge in [0, 0.05) is 18.9 Å². The van der Waals surface area contributed by atoms with E-state index in [1.165, 1.54) is 32.6 Å². The van der Waals surface area contributed by atoms with Crippen LogP contribution in [0.25, 0.3) is 0 Å². The third-order valence-corrected chi connectivity index (χ3v) is 3.92. The summed E-state index contributed by atoms with van der Waals surface area (Å²) in [5.41, 5.74) is 0.437. The van der Waals surface area contributed by atoms with Gasteiger partial charge in [-0.3, -0.25) is 9.59 Å². The van der Waals surface area contributed by atoms with Crippen molar-refractivity contribution in [3.05, 3.63) is 11.6 Å². The van der Waals surface area contributed by atoms with Crippen molar-refractivity contribution in [3.8, 4) is 0 Å². The molecular formula is C20H34O6. The van der Waals surface area contributed by atoms with Crippen LogP contribution in [-0.4, -0.2) is 37.2 Å². The lowest BCUT2D eigenvalue weighted by Gasteiger charge is -2.18. The molecule has 0 amide bonds. The molecule has 26 heavy (non-hydrogen) atoms. The fraction of sp³-hybridized carbons (Fsp3) is 0.750. The Balaban J connectivity index is 4.14. The molecule has 0 radical (unpaired) electrons. The van der Waals surface area contributed by atoms with Gasteiger partial charge in [0.1, 0.15) is 13.2 Å². The molecule has 0 saturated heterocycles. The highest BCUT2D eigenvalue weighted by molar-refractivity contribution is 5.87. The minimum absolute atomic E-state index is 0.120. The van der Waals surface area contributed by atoms with E-state index in [9.17, 15) is 14.4 Å². The molecule has 0 heterocycles. The Morgan fingerprint density at radius 3 is 2.04 bits per heavy atom. The molecule has 0 bridgehead atoms. The zero-order valence-electron chi connectivity index (χ0n) is 16.7. The van der Waals surface area contributed by atoms with Crippen molar-refractivity contribution < 1.29 is 28.6 Å². The predicted octanol–water partition coefficient (Wildman–Crippen LogP) is 4.11. The van der Waals surface area contributed by atoms with Crippen LogP contribution in [0.15, 0.2) is 11.6 Å². The summed E-state index contributed by atoms with van der Waals surface area (Å²) in [6.07, 6.45) is 9.01. The van der Waals surface area contributed by atoms with E-state index in [2.05, 4.69) is 6.92 Å². The van der Waals surface area contributed by atoms with Crippen LogP contribution in [0.1, 0.15) is 79.1 Å². The molecule has 0 aromatic rings. The average molecular weight is 370 g/mol. The van der Waals surface area contributed by atoms with E-state index in [0.29, 0.717) is 12.0 Å². The maximum absolute atomic E-state index is 11.8. The topological polar surface area (TPSA) is 78.9 Å². The van der Waals surface area contributed by atoms with Gasteiger partial charge >= 0.3 is 17.9 Å². The first-order valence-corrected chi connectivity index (χ1v) is 9.53. The van der Waals surface area contributed by atoms with Gasteiger partial charge in [-0.25, -0.2) is 4.79 Å². The van der Waals surface area contributed by atoms with Gasteiger partial charge in [-0.2, -0.15) is 0 Å². The molecule has 150 valence electrons. The van der Waals surface area contributed by atoms with Gasteiger partial charge in [-0.1, -0.05) is 51.5 Å². The Hall–Kier alpha value is -1.85. The van der Waals surface area contributed by atoms with Crippen molar-refractivity contribution in [2.75, 3.05) is 13.2 Å². The van der Waals surface area contributed by atoms with Crippen LogP contribution in [0.2, 0.25) is 0 Å². The van der Waals surface area contributed by atoms with Gasteiger partial charge in [0.2, 0.25) is 0 Å². The molecule has 0 unspecified atom stereocenters. The third kappa shape index (κ3) is 13.4. The maximum atomic E-state index is 11.8. The monoisotopic (exact) mass is 370 g/mol. The Morgan fingerprint density at radius 1 is 0.885 bits per heavy atom. The number of esters is 3. The molecule has 6 heteroatoms. The maximum Gasteiger partial charge on any atom is 0.333 e. The largest absolute Gasteiger partial charge is 0.462 e. The highest BCUT2D eigenvalue weighted by Gasteiger charge is 2.19. The summed E-state index contributed by atoms with van der Waals surface area (Å²) in [5.74, 6) is -1.33. The molecule has 0 saturated carbocycles.